The number of halogens is 1. The molecule has 1 nitrogen and oxygen atoms in total. The third-order valence-corrected chi connectivity index (χ3v) is 2.86. The number of rotatable bonds is 4. The Morgan fingerprint density at radius 3 is 2.64 bits per heavy atom. The SMILES string of the molecule is CCCCc1cc(C)cc(Br)c1OC. The van der Waals surface area contributed by atoms with E-state index in [0.29, 0.717) is 0 Å². The van der Waals surface area contributed by atoms with E-state index in [2.05, 4.69) is 41.9 Å². The highest BCUT2D eigenvalue weighted by Crippen LogP contribution is 2.31. The molecule has 0 saturated heterocycles. The third kappa shape index (κ3) is 2.74. The molecule has 0 saturated carbocycles. The zero-order valence-corrected chi connectivity index (χ0v) is 10.6. The van der Waals surface area contributed by atoms with E-state index in [0.717, 1.165) is 16.6 Å². The molecule has 0 spiro atoms. The van der Waals surface area contributed by atoms with Crippen LogP contribution < -0.4 is 4.74 Å². The Balaban J connectivity index is 2.99. The van der Waals surface area contributed by atoms with Crippen molar-refractivity contribution in [3.8, 4) is 5.75 Å². The van der Waals surface area contributed by atoms with Gasteiger partial charge in [-0.15, -0.1) is 0 Å². The Kier molecular flexibility index (Phi) is 4.46. The van der Waals surface area contributed by atoms with Crippen LogP contribution in [0.1, 0.15) is 30.9 Å². The summed E-state index contributed by atoms with van der Waals surface area (Å²) in [5.41, 5.74) is 2.59. The summed E-state index contributed by atoms with van der Waals surface area (Å²) < 4.78 is 6.44. The first-order chi connectivity index (χ1) is 6.69. The van der Waals surface area contributed by atoms with Crippen molar-refractivity contribution in [3.63, 3.8) is 0 Å². The molecule has 0 atom stereocenters. The van der Waals surface area contributed by atoms with E-state index in [-0.39, 0.29) is 0 Å². The second kappa shape index (κ2) is 5.40. The van der Waals surface area contributed by atoms with Crippen molar-refractivity contribution in [1.82, 2.24) is 0 Å². The monoisotopic (exact) mass is 256 g/mol. The lowest BCUT2D eigenvalue weighted by molar-refractivity contribution is 0.406. The van der Waals surface area contributed by atoms with Gasteiger partial charge in [-0.25, -0.2) is 0 Å². The maximum absolute atomic E-state index is 5.38. The van der Waals surface area contributed by atoms with Gasteiger partial charge in [0.05, 0.1) is 11.6 Å². The van der Waals surface area contributed by atoms with Crippen LogP contribution in [0.4, 0.5) is 0 Å². The van der Waals surface area contributed by atoms with E-state index in [4.69, 9.17) is 4.74 Å². The first kappa shape index (κ1) is 11.6. The summed E-state index contributed by atoms with van der Waals surface area (Å²) in [5.74, 6) is 0.990. The Morgan fingerprint density at radius 2 is 2.07 bits per heavy atom. The van der Waals surface area contributed by atoms with Crippen molar-refractivity contribution in [2.45, 2.75) is 33.1 Å². The lowest BCUT2D eigenvalue weighted by Gasteiger charge is -2.11. The van der Waals surface area contributed by atoms with Gasteiger partial charge in [0, 0.05) is 0 Å². The number of hydrogen-bond acceptors (Lipinski definition) is 1. The van der Waals surface area contributed by atoms with Gasteiger partial charge >= 0.3 is 0 Å². The number of methoxy groups -OCH3 is 1. The van der Waals surface area contributed by atoms with Crippen LogP contribution in [0.3, 0.4) is 0 Å². The van der Waals surface area contributed by atoms with Crippen LogP contribution in [0.15, 0.2) is 16.6 Å². The molecule has 0 N–H and O–H groups in total. The van der Waals surface area contributed by atoms with Gasteiger partial charge in [0.25, 0.3) is 0 Å². The molecule has 1 aromatic rings. The van der Waals surface area contributed by atoms with Gasteiger partial charge in [-0.05, 0) is 52.9 Å². The fourth-order valence-corrected chi connectivity index (χ4v) is 2.36. The second-order valence-electron chi connectivity index (χ2n) is 3.54. The standard InChI is InChI=1S/C12H17BrO/c1-4-5-6-10-7-9(2)8-11(13)12(10)14-3/h7-8H,4-6H2,1-3H3. The molecular weight excluding hydrogens is 240 g/mol. The van der Waals surface area contributed by atoms with Gasteiger partial charge in [0.2, 0.25) is 0 Å². The molecule has 1 aromatic carbocycles. The fourth-order valence-electron chi connectivity index (χ4n) is 1.58. The summed E-state index contributed by atoms with van der Waals surface area (Å²) in [6, 6.07) is 4.30. The number of unbranched alkanes of at least 4 members (excludes halogenated alkanes) is 1. The topological polar surface area (TPSA) is 9.23 Å². The smallest absolute Gasteiger partial charge is 0.136 e. The molecule has 0 unspecified atom stereocenters. The molecule has 78 valence electrons. The Hall–Kier alpha value is -0.500. The van der Waals surface area contributed by atoms with Gasteiger partial charge in [-0.3, -0.25) is 0 Å². The Labute approximate surface area is 94.6 Å². The van der Waals surface area contributed by atoms with E-state index in [1.165, 1.54) is 24.0 Å². The summed E-state index contributed by atoms with van der Waals surface area (Å²) in [5, 5.41) is 0. The van der Waals surface area contributed by atoms with Gasteiger partial charge < -0.3 is 4.74 Å². The minimum absolute atomic E-state index is 0.990. The van der Waals surface area contributed by atoms with E-state index in [1.54, 1.807) is 7.11 Å². The molecule has 0 bridgehead atoms. The minimum atomic E-state index is 0.990. The van der Waals surface area contributed by atoms with Crippen LogP contribution in [-0.2, 0) is 6.42 Å². The fraction of sp³-hybridized carbons (Fsp3) is 0.500. The minimum Gasteiger partial charge on any atom is -0.495 e. The summed E-state index contributed by atoms with van der Waals surface area (Å²) in [6.07, 6.45) is 3.53. The Bertz CT molecular complexity index is 307. The summed E-state index contributed by atoms with van der Waals surface area (Å²) in [4.78, 5) is 0. The molecule has 2 heteroatoms. The van der Waals surface area contributed by atoms with Crippen LogP contribution >= 0.6 is 15.9 Å². The zero-order chi connectivity index (χ0) is 10.6. The predicted molar refractivity (Wildman–Crippen MR) is 64.0 cm³/mol. The highest BCUT2D eigenvalue weighted by molar-refractivity contribution is 9.10. The highest BCUT2D eigenvalue weighted by atomic mass is 79.9. The number of hydrogen-bond donors (Lipinski definition) is 0. The summed E-state index contributed by atoms with van der Waals surface area (Å²) in [6.45, 7) is 4.32. The molecule has 0 aliphatic carbocycles. The van der Waals surface area contributed by atoms with Gasteiger partial charge in [-0.2, -0.15) is 0 Å². The van der Waals surface area contributed by atoms with Gasteiger partial charge in [0.15, 0.2) is 0 Å². The van der Waals surface area contributed by atoms with Crippen LogP contribution in [0.5, 0.6) is 5.75 Å². The average Bonchev–Trinajstić information content (AvgIpc) is 2.14. The molecule has 0 heterocycles. The molecule has 1 rings (SSSR count). The lowest BCUT2D eigenvalue weighted by Crippen LogP contribution is -1.94. The van der Waals surface area contributed by atoms with Crippen LogP contribution in [0.25, 0.3) is 0 Å². The van der Waals surface area contributed by atoms with Gasteiger partial charge in [0.1, 0.15) is 5.75 Å². The van der Waals surface area contributed by atoms with Crippen LogP contribution in [0, 0.1) is 6.92 Å². The van der Waals surface area contributed by atoms with Crippen molar-refractivity contribution in [1.29, 1.82) is 0 Å². The molecular formula is C12H17BrO. The maximum Gasteiger partial charge on any atom is 0.136 e. The average molecular weight is 257 g/mol. The predicted octanol–water partition coefficient (Wildman–Crippen LogP) is 4.11. The first-order valence-corrected chi connectivity index (χ1v) is 5.81. The Morgan fingerprint density at radius 1 is 1.36 bits per heavy atom. The molecule has 0 aromatic heterocycles. The molecule has 0 aliphatic rings. The molecule has 14 heavy (non-hydrogen) atoms. The van der Waals surface area contributed by atoms with E-state index < -0.39 is 0 Å². The number of aryl methyl sites for hydroxylation is 2. The largest absolute Gasteiger partial charge is 0.495 e. The van der Waals surface area contributed by atoms with Crippen molar-refractivity contribution < 1.29 is 4.74 Å². The summed E-state index contributed by atoms with van der Waals surface area (Å²) >= 11 is 3.53. The van der Waals surface area contributed by atoms with Crippen LogP contribution in [0.2, 0.25) is 0 Å². The van der Waals surface area contributed by atoms with Crippen molar-refractivity contribution in [2.24, 2.45) is 0 Å². The first-order valence-electron chi connectivity index (χ1n) is 5.02. The second-order valence-corrected chi connectivity index (χ2v) is 4.40. The van der Waals surface area contributed by atoms with Crippen molar-refractivity contribution in [2.75, 3.05) is 7.11 Å². The van der Waals surface area contributed by atoms with Crippen molar-refractivity contribution >= 4 is 15.9 Å². The van der Waals surface area contributed by atoms with Gasteiger partial charge in [-0.1, -0.05) is 19.4 Å². The molecule has 0 aliphatic heterocycles. The quantitative estimate of drug-likeness (QED) is 0.788. The molecule has 0 fully saturated rings. The number of benzene rings is 1. The number of ether oxygens (including phenoxy) is 1. The van der Waals surface area contributed by atoms with Crippen molar-refractivity contribution in [3.05, 3.63) is 27.7 Å². The van der Waals surface area contributed by atoms with Crippen LogP contribution in [-0.4, -0.2) is 7.11 Å². The molecule has 0 radical (unpaired) electrons. The van der Waals surface area contributed by atoms with E-state index in [9.17, 15) is 0 Å². The normalized spacial score (nSPS) is 10.3. The van der Waals surface area contributed by atoms with E-state index >= 15 is 0 Å². The zero-order valence-electron chi connectivity index (χ0n) is 9.06. The highest BCUT2D eigenvalue weighted by Gasteiger charge is 2.07. The lowest BCUT2D eigenvalue weighted by atomic mass is 10.0. The maximum atomic E-state index is 5.38. The molecule has 0 amide bonds. The van der Waals surface area contributed by atoms with E-state index in [1.807, 2.05) is 0 Å². The summed E-state index contributed by atoms with van der Waals surface area (Å²) in [7, 11) is 1.73. The third-order valence-electron chi connectivity index (χ3n) is 2.27.